The molecule has 41 heavy (non-hydrogen) atoms. The van der Waals surface area contributed by atoms with Gasteiger partial charge >= 0.3 is 0 Å². The minimum atomic E-state index is -0.228. The zero-order chi connectivity index (χ0) is 30.5. The van der Waals surface area contributed by atoms with E-state index in [2.05, 4.69) is 38.8 Å². The van der Waals surface area contributed by atoms with Gasteiger partial charge in [-0.05, 0) is 47.5 Å². The third-order valence-electron chi connectivity index (χ3n) is 6.19. The van der Waals surface area contributed by atoms with Crippen molar-refractivity contribution in [2.24, 2.45) is 5.73 Å². The van der Waals surface area contributed by atoms with Crippen molar-refractivity contribution in [3.8, 4) is 0 Å². The monoisotopic (exact) mass is 574 g/mol. The van der Waals surface area contributed by atoms with Gasteiger partial charge in [0, 0.05) is 36.3 Å². The molecule has 0 saturated heterocycles. The normalized spacial score (nSPS) is 10.6. The maximum atomic E-state index is 12.9. The standard InChI is InChI=1S/C16H16FN3.C10H14FN.C6H3ClN2/c1-16(2,12-4-6-13(17)7-5-12)11-20-15-9-8-14(18-3)10-19-15;1-10(2,7-12)8-3-5-9(11)6-4-8;1-8-5-2-3-6(7)9-4-5/h4-10H,11H2,1-2H3,(H,19,20);3-6H,7,12H2,1-2H3;2-4H. The van der Waals surface area contributed by atoms with E-state index in [1.54, 1.807) is 54.7 Å². The summed E-state index contributed by atoms with van der Waals surface area (Å²) in [6, 6.07) is 19.8. The van der Waals surface area contributed by atoms with Crippen molar-refractivity contribution in [1.29, 1.82) is 0 Å². The molecule has 9 heteroatoms. The molecule has 0 aliphatic heterocycles. The van der Waals surface area contributed by atoms with Gasteiger partial charge in [-0.3, -0.25) is 9.97 Å². The number of nitrogens with zero attached hydrogens (tertiary/aromatic N) is 4. The van der Waals surface area contributed by atoms with Gasteiger partial charge in [0.2, 0.25) is 11.4 Å². The highest BCUT2D eigenvalue weighted by molar-refractivity contribution is 6.29. The van der Waals surface area contributed by atoms with E-state index < -0.39 is 0 Å². The van der Waals surface area contributed by atoms with Crippen molar-refractivity contribution >= 4 is 28.8 Å². The average molecular weight is 575 g/mol. The highest BCUT2D eigenvalue weighted by Crippen LogP contribution is 2.24. The number of nitrogens with one attached hydrogen (secondary N) is 1. The summed E-state index contributed by atoms with van der Waals surface area (Å²) in [6.45, 7) is 22.9. The number of hydrogen-bond acceptors (Lipinski definition) is 4. The summed E-state index contributed by atoms with van der Waals surface area (Å²) in [5.74, 6) is 0.299. The highest BCUT2D eigenvalue weighted by Gasteiger charge is 2.20. The van der Waals surface area contributed by atoms with Crippen molar-refractivity contribution in [1.82, 2.24) is 9.97 Å². The summed E-state index contributed by atoms with van der Waals surface area (Å²) in [5.41, 5.74) is 8.55. The third kappa shape index (κ3) is 11.0. The van der Waals surface area contributed by atoms with Crippen LogP contribution in [-0.4, -0.2) is 23.1 Å². The van der Waals surface area contributed by atoms with Crippen LogP contribution >= 0.6 is 11.6 Å². The maximum Gasteiger partial charge on any atom is 0.205 e. The Bertz CT molecular complexity index is 1440. The first kappa shape index (κ1) is 32.8. The summed E-state index contributed by atoms with van der Waals surface area (Å²) in [6.07, 6.45) is 2.98. The molecule has 3 N–H and O–H groups in total. The summed E-state index contributed by atoms with van der Waals surface area (Å²) in [7, 11) is 0. The molecule has 2 heterocycles. The number of nitrogens with two attached hydrogens (primary N) is 1. The number of hydrogen-bond donors (Lipinski definition) is 2. The maximum absolute atomic E-state index is 12.9. The number of halogens is 3. The van der Waals surface area contributed by atoms with Gasteiger partial charge in [-0.1, -0.05) is 75.7 Å². The van der Waals surface area contributed by atoms with E-state index in [4.69, 9.17) is 30.5 Å². The van der Waals surface area contributed by atoms with Crippen molar-refractivity contribution in [3.05, 3.63) is 136 Å². The SMILES string of the molecule is CC(C)(CN)c1ccc(F)cc1.[C-]#[N+]c1ccc(Cl)nc1.[C-]#[N+]c1ccc(NCC(C)(C)c2ccc(F)cc2)nc1. The Labute approximate surface area is 245 Å². The van der Waals surface area contributed by atoms with Crippen LogP contribution in [0.4, 0.5) is 26.0 Å². The summed E-state index contributed by atoms with van der Waals surface area (Å²) >= 11 is 5.45. The molecule has 0 fully saturated rings. The molecule has 0 bridgehead atoms. The smallest absolute Gasteiger partial charge is 0.205 e. The molecule has 0 spiro atoms. The van der Waals surface area contributed by atoms with Gasteiger partial charge in [-0.2, -0.15) is 0 Å². The van der Waals surface area contributed by atoms with E-state index >= 15 is 0 Å². The number of benzene rings is 2. The Kier molecular flexibility index (Phi) is 12.4. The van der Waals surface area contributed by atoms with Gasteiger partial charge in [0.1, 0.15) is 22.6 Å². The van der Waals surface area contributed by atoms with Gasteiger partial charge in [0.15, 0.2) is 0 Å². The molecule has 0 aliphatic carbocycles. The molecule has 2 aromatic carbocycles. The lowest BCUT2D eigenvalue weighted by Crippen LogP contribution is -2.27. The van der Waals surface area contributed by atoms with Crippen LogP contribution in [0, 0.1) is 24.8 Å². The average Bonchev–Trinajstić information content (AvgIpc) is 2.98. The summed E-state index contributed by atoms with van der Waals surface area (Å²) in [4.78, 5) is 14.3. The fraction of sp³-hybridized carbons (Fsp3) is 0.250. The van der Waals surface area contributed by atoms with E-state index in [0.29, 0.717) is 29.6 Å². The fourth-order valence-electron chi connectivity index (χ4n) is 3.32. The predicted octanol–water partition coefficient (Wildman–Crippen LogP) is 8.51. The quantitative estimate of drug-likeness (QED) is 0.179. The second-order valence-corrected chi connectivity index (χ2v) is 10.7. The lowest BCUT2D eigenvalue weighted by atomic mass is 9.84. The Balaban J connectivity index is 0.000000237. The van der Waals surface area contributed by atoms with E-state index in [1.807, 2.05) is 13.8 Å². The Morgan fingerprint density at radius 2 is 1.20 bits per heavy atom. The Hall–Kier alpha value is -4.37. The van der Waals surface area contributed by atoms with E-state index in [-0.39, 0.29) is 22.5 Å². The van der Waals surface area contributed by atoms with Gasteiger partial charge in [-0.15, -0.1) is 0 Å². The van der Waals surface area contributed by atoms with E-state index in [0.717, 1.165) is 16.9 Å². The fourth-order valence-corrected chi connectivity index (χ4v) is 3.44. The van der Waals surface area contributed by atoms with Gasteiger partial charge in [0.05, 0.1) is 13.1 Å². The molecule has 0 amide bonds. The minimum Gasteiger partial charge on any atom is -0.369 e. The first-order valence-electron chi connectivity index (χ1n) is 12.7. The van der Waals surface area contributed by atoms with E-state index in [9.17, 15) is 8.78 Å². The van der Waals surface area contributed by atoms with E-state index in [1.165, 1.54) is 30.5 Å². The molecule has 6 nitrogen and oxygen atoms in total. The topological polar surface area (TPSA) is 72.5 Å². The van der Waals surface area contributed by atoms with Crippen LogP contribution in [0.2, 0.25) is 5.15 Å². The second kappa shape index (κ2) is 15.4. The first-order valence-corrected chi connectivity index (χ1v) is 13.1. The molecular weight excluding hydrogens is 542 g/mol. The van der Waals surface area contributed by atoms with Crippen LogP contribution in [0.1, 0.15) is 38.8 Å². The Morgan fingerprint density at radius 1 is 0.732 bits per heavy atom. The molecule has 4 aromatic rings. The van der Waals surface area contributed by atoms with Crippen LogP contribution in [0.25, 0.3) is 9.69 Å². The van der Waals surface area contributed by atoms with Gasteiger partial charge < -0.3 is 11.1 Å². The Morgan fingerprint density at radius 3 is 1.59 bits per heavy atom. The van der Waals surface area contributed by atoms with Crippen molar-refractivity contribution in [2.45, 2.75) is 38.5 Å². The predicted molar refractivity (Wildman–Crippen MR) is 162 cm³/mol. The molecule has 0 radical (unpaired) electrons. The van der Waals surface area contributed by atoms with Crippen LogP contribution in [0.15, 0.2) is 85.2 Å². The largest absolute Gasteiger partial charge is 0.369 e. The lowest BCUT2D eigenvalue weighted by Gasteiger charge is -2.26. The van der Waals surface area contributed by atoms with Crippen molar-refractivity contribution in [2.75, 3.05) is 18.4 Å². The molecular formula is C32H33ClF2N6. The lowest BCUT2D eigenvalue weighted by molar-refractivity contribution is 0.536. The second-order valence-electron chi connectivity index (χ2n) is 10.3. The summed E-state index contributed by atoms with van der Waals surface area (Å²) in [5, 5.41) is 3.66. The number of rotatable bonds is 6. The van der Waals surface area contributed by atoms with Crippen LogP contribution in [0.5, 0.6) is 0 Å². The van der Waals surface area contributed by atoms with Gasteiger partial charge in [0.25, 0.3) is 0 Å². The van der Waals surface area contributed by atoms with Gasteiger partial charge in [-0.25, -0.2) is 18.5 Å². The van der Waals surface area contributed by atoms with Crippen molar-refractivity contribution in [3.63, 3.8) is 0 Å². The molecule has 0 atom stereocenters. The van der Waals surface area contributed by atoms with Crippen LogP contribution < -0.4 is 11.1 Å². The number of pyridine rings is 2. The molecule has 4 rings (SSSR count). The molecule has 212 valence electrons. The molecule has 0 aliphatic rings. The molecule has 2 aromatic heterocycles. The number of aromatic nitrogens is 2. The molecule has 0 unspecified atom stereocenters. The third-order valence-corrected chi connectivity index (χ3v) is 6.41. The highest BCUT2D eigenvalue weighted by atomic mass is 35.5. The zero-order valence-electron chi connectivity index (χ0n) is 23.5. The van der Waals surface area contributed by atoms with Crippen LogP contribution in [-0.2, 0) is 10.8 Å². The minimum absolute atomic E-state index is 0.0618. The summed E-state index contributed by atoms with van der Waals surface area (Å²) < 4.78 is 25.5. The van der Waals surface area contributed by atoms with Crippen molar-refractivity contribution < 1.29 is 8.78 Å². The first-order chi connectivity index (χ1) is 19.4. The zero-order valence-corrected chi connectivity index (χ0v) is 24.3. The molecule has 0 saturated carbocycles. The van der Waals surface area contributed by atoms with Crippen LogP contribution in [0.3, 0.4) is 0 Å². The number of anilines is 1.